The Kier molecular flexibility index (Phi) is 9.38. The van der Waals surface area contributed by atoms with Crippen molar-refractivity contribution in [3.8, 4) is 5.75 Å². The molecule has 27 heavy (non-hydrogen) atoms. The molecule has 1 saturated carbocycles. The lowest BCUT2D eigenvalue weighted by Crippen LogP contribution is -2.38. The van der Waals surface area contributed by atoms with Crippen molar-refractivity contribution in [2.75, 3.05) is 13.1 Å². The molecule has 1 aliphatic carbocycles. The number of benzene rings is 1. The van der Waals surface area contributed by atoms with Crippen LogP contribution in [0.25, 0.3) is 0 Å². The van der Waals surface area contributed by atoms with Gasteiger partial charge in [-0.05, 0) is 44.4 Å². The lowest BCUT2D eigenvalue weighted by atomic mass is 9.96. The molecule has 0 radical (unpaired) electrons. The number of para-hydroxylation sites is 1. The first-order valence-corrected chi connectivity index (χ1v) is 9.52. The average molecular weight is 480 g/mol. The lowest BCUT2D eigenvalue weighted by Gasteiger charge is -2.27. The van der Waals surface area contributed by atoms with Crippen molar-refractivity contribution in [2.45, 2.75) is 45.3 Å². The second kappa shape index (κ2) is 11.8. The van der Waals surface area contributed by atoms with E-state index in [2.05, 4.69) is 28.6 Å². The van der Waals surface area contributed by atoms with Crippen LogP contribution in [0, 0.1) is 0 Å². The van der Waals surface area contributed by atoms with Crippen LogP contribution in [0.1, 0.15) is 37.4 Å². The summed E-state index contributed by atoms with van der Waals surface area (Å²) in [4.78, 5) is 9.07. The summed E-state index contributed by atoms with van der Waals surface area (Å²) in [5.74, 6) is 1.78. The van der Waals surface area contributed by atoms with Crippen molar-refractivity contribution in [3.63, 3.8) is 0 Å². The maximum absolute atomic E-state index is 6.09. The van der Waals surface area contributed by atoms with E-state index >= 15 is 0 Å². The van der Waals surface area contributed by atoms with Gasteiger partial charge in [0.1, 0.15) is 5.75 Å². The fourth-order valence-corrected chi connectivity index (χ4v) is 2.78. The Morgan fingerprint density at radius 3 is 2.67 bits per heavy atom. The minimum absolute atomic E-state index is 0. The Morgan fingerprint density at radius 1 is 1.15 bits per heavy atom. The van der Waals surface area contributed by atoms with E-state index in [0.717, 1.165) is 55.3 Å². The maximum Gasteiger partial charge on any atom is 0.191 e. The molecule has 1 fully saturated rings. The molecule has 0 spiro atoms. The monoisotopic (exact) mass is 480 g/mol. The lowest BCUT2D eigenvalue weighted by molar-refractivity contribution is 0.119. The Labute approximate surface area is 179 Å². The summed E-state index contributed by atoms with van der Waals surface area (Å²) in [5.41, 5.74) is 2.21. The summed E-state index contributed by atoms with van der Waals surface area (Å²) in [6.07, 6.45) is 6.67. The number of hydrogen-bond donors (Lipinski definition) is 2. The van der Waals surface area contributed by atoms with Crippen molar-refractivity contribution in [3.05, 3.63) is 59.9 Å². The van der Waals surface area contributed by atoms with E-state index < -0.39 is 0 Å². The molecule has 0 saturated heterocycles. The predicted molar refractivity (Wildman–Crippen MR) is 121 cm³/mol. The number of guanidine groups is 1. The molecule has 6 heteroatoms. The predicted octanol–water partition coefficient (Wildman–Crippen LogP) is 3.93. The zero-order chi connectivity index (χ0) is 18.0. The van der Waals surface area contributed by atoms with Gasteiger partial charge in [-0.1, -0.05) is 24.3 Å². The molecule has 1 aliphatic rings. The molecule has 0 bridgehead atoms. The molecule has 0 atom stereocenters. The quantitative estimate of drug-likeness (QED) is 0.342. The van der Waals surface area contributed by atoms with Gasteiger partial charge in [0.25, 0.3) is 0 Å². The van der Waals surface area contributed by atoms with E-state index in [0.29, 0.717) is 12.6 Å². The molecule has 1 heterocycles. The highest BCUT2D eigenvalue weighted by atomic mass is 127. The number of hydrogen-bond acceptors (Lipinski definition) is 3. The topological polar surface area (TPSA) is 58.5 Å². The van der Waals surface area contributed by atoms with Crippen molar-refractivity contribution in [1.82, 2.24) is 15.6 Å². The summed E-state index contributed by atoms with van der Waals surface area (Å²) in [5, 5.41) is 6.68. The second-order valence-electron chi connectivity index (χ2n) is 6.47. The maximum atomic E-state index is 6.09. The highest BCUT2D eigenvalue weighted by Crippen LogP contribution is 2.27. The van der Waals surface area contributed by atoms with Crippen LogP contribution in [0.15, 0.2) is 53.7 Å². The van der Waals surface area contributed by atoms with Gasteiger partial charge in [0.15, 0.2) is 5.96 Å². The summed E-state index contributed by atoms with van der Waals surface area (Å²) in [6.45, 7) is 4.30. The minimum atomic E-state index is 0. The molecule has 0 amide bonds. The van der Waals surface area contributed by atoms with Gasteiger partial charge in [0.2, 0.25) is 0 Å². The van der Waals surface area contributed by atoms with Gasteiger partial charge < -0.3 is 15.4 Å². The van der Waals surface area contributed by atoms with Gasteiger partial charge in [-0.2, -0.15) is 0 Å². The van der Waals surface area contributed by atoms with Crippen molar-refractivity contribution < 1.29 is 4.74 Å². The van der Waals surface area contributed by atoms with Crippen LogP contribution >= 0.6 is 24.0 Å². The summed E-state index contributed by atoms with van der Waals surface area (Å²) < 4.78 is 6.09. The molecule has 1 aromatic carbocycles. The minimum Gasteiger partial charge on any atom is -0.490 e. The van der Waals surface area contributed by atoms with E-state index in [1.54, 1.807) is 0 Å². The van der Waals surface area contributed by atoms with Crippen LogP contribution < -0.4 is 15.4 Å². The number of nitrogens with one attached hydrogen (secondary N) is 2. The number of nitrogens with zero attached hydrogens (tertiary/aromatic N) is 2. The largest absolute Gasteiger partial charge is 0.490 e. The number of ether oxygens (including phenoxy) is 1. The van der Waals surface area contributed by atoms with Crippen LogP contribution in [0.2, 0.25) is 0 Å². The van der Waals surface area contributed by atoms with Crippen molar-refractivity contribution >= 4 is 29.9 Å². The Morgan fingerprint density at radius 2 is 1.96 bits per heavy atom. The third kappa shape index (κ3) is 7.01. The molecule has 146 valence electrons. The first-order valence-electron chi connectivity index (χ1n) is 9.52. The zero-order valence-electron chi connectivity index (χ0n) is 15.9. The van der Waals surface area contributed by atoms with Gasteiger partial charge in [0, 0.05) is 37.0 Å². The highest BCUT2D eigenvalue weighted by Gasteiger charge is 2.20. The summed E-state index contributed by atoms with van der Waals surface area (Å²) in [7, 11) is 0. The van der Waals surface area contributed by atoms with E-state index in [4.69, 9.17) is 9.73 Å². The third-order valence-corrected chi connectivity index (χ3v) is 4.47. The van der Waals surface area contributed by atoms with E-state index in [9.17, 15) is 0 Å². The molecular weight excluding hydrogens is 451 g/mol. The number of rotatable bonds is 8. The molecular formula is C21H29IN4O. The third-order valence-electron chi connectivity index (χ3n) is 4.47. The van der Waals surface area contributed by atoms with Crippen molar-refractivity contribution in [1.29, 1.82) is 0 Å². The molecule has 2 N–H and O–H groups in total. The number of aromatic nitrogens is 1. The van der Waals surface area contributed by atoms with Crippen LogP contribution in [0.4, 0.5) is 0 Å². The fraction of sp³-hybridized carbons (Fsp3) is 0.429. The van der Waals surface area contributed by atoms with Crippen LogP contribution in [-0.4, -0.2) is 30.1 Å². The van der Waals surface area contributed by atoms with E-state index in [1.165, 1.54) is 6.42 Å². The number of pyridine rings is 1. The molecule has 5 nitrogen and oxygen atoms in total. The van der Waals surface area contributed by atoms with Crippen molar-refractivity contribution in [2.24, 2.45) is 4.99 Å². The summed E-state index contributed by atoms with van der Waals surface area (Å²) in [6, 6.07) is 14.2. The van der Waals surface area contributed by atoms with Gasteiger partial charge in [-0.15, -0.1) is 24.0 Å². The van der Waals surface area contributed by atoms with Crippen LogP contribution in [0.3, 0.4) is 0 Å². The highest BCUT2D eigenvalue weighted by molar-refractivity contribution is 14.0. The molecule has 0 unspecified atom stereocenters. The Balaban J connectivity index is 0.00000261. The SMILES string of the molecule is CCNC(=NCc1ccccc1OC1CCC1)NCCc1ccccn1.I. The van der Waals surface area contributed by atoms with Crippen LogP contribution in [-0.2, 0) is 13.0 Å². The first kappa shape index (κ1) is 21.5. The van der Waals surface area contributed by atoms with Crippen LogP contribution in [0.5, 0.6) is 5.75 Å². The standard InChI is InChI=1S/C21H28N4O.HI/c1-2-22-21(24-15-13-18-9-5-6-14-23-18)25-16-17-8-3-4-12-20(17)26-19-10-7-11-19;/h3-6,8-9,12,14,19H,2,7,10-11,13,15-16H2,1H3,(H2,22,24,25);1H. The Bertz CT molecular complexity index is 704. The smallest absolute Gasteiger partial charge is 0.191 e. The normalized spacial score (nSPS) is 14.0. The first-order chi connectivity index (χ1) is 12.8. The fourth-order valence-electron chi connectivity index (χ4n) is 2.78. The summed E-state index contributed by atoms with van der Waals surface area (Å²) >= 11 is 0. The van der Waals surface area contributed by atoms with E-state index in [1.807, 2.05) is 42.6 Å². The average Bonchev–Trinajstić information content (AvgIpc) is 2.64. The molecule has 3 rings (SSSR count). The molecule has 2 aromatic rings. The van der Waals surface area contributed by atoms with Gasteiger partial charge in [-0.3, -0.25) is 4.98 Å². The number of aliphatic imine (C=N–C) groups is 1. The van der Waals surface area contributed by atoms with Gasteiger partial charge >= 0.3 is 0 Å². The Hall–Kier alpha value is -1.83. The zero-order valence-corrected chi connectivity index (χ0v) is 18.2. The molecule has 1 aromatic heterocycles. The molecule has 0 aliphatic heterocycles. The van der Waals surface area contributed by atoms with Gasteiger partial charge in [-0.25, -0.2) is 4.99 Å². The number of halogens is 1. The van der Waals surface area contributed by atoms with E-state index in [-0.39, 0.29) is 24.0 Å². The van der Waals surface area contributed by atoms with Gasteiger partial charge in [0.05, 0.1) is 12.6 Å². The second-order valence-corrected chi connectivity index (χ2v) is 6.47.